The molecular weight excluding hydrogens is 416 g/mol. The molecule has 0 bridgehead atoms. The number of cyclic esters (lactones) is 1. The van der Waals surface area contributed by atoms with Gasteiger partial charge in [-0.2, -0.15) is 10.1 Å². The van der Waals surface area contributed by atoms with Gasteiger partial charge in [0.15, 0.2) is 0 Å². The lowest BCUT2D eigenvalue weighted by molar-refractivity contribution is -0.114. The highest BCUT2D eigenvalue weighted by Gasteiger charge is 2.30. The van der Waals surface area contributed by atoms with E-state index in [4.69, 9.17) is 20.8 Å². The Labute approximate surface area is 183 Å². The van der Waals surface area contributed by atoms with Gasteiger partial charge in [-0.3, -0.25) is 4.79 Å². The lowest BCUT2D eigenvalue weighted by Gasteiger charge is -2.15. The molecule has 2 aromatic carbocycles. The number of hydrogen-bond acceptors (Lipinski definition) is 5. The third-order valence-electron chi connectivity index (χ3n) is 5.42. The maximum Gasteiger partial charge on any atom is 0.338 e. The van der Waals surface area contributed by atoms with Crippen LogP contribution >= 0.6 is 11.6 Å². The molecule has 1 amide bonds. The van der Waals surface area contributed by atoms with Crippen LogP contribution < -0.4 is 5.01 Å². The van der Waals surface area contributed by atoms with E-state index in [0.29, 0.717) is 45.7 Å². The van der Waals surface area contributed by atoms with Crippen LogP contribution in [0.3, 0.4) is 0 Å². The summed E-state index contributed by atoms with van der Waals surface area (Å²) in [6.45, 7) is 3.93. The summed E-state index contributed by atoms with van der Waals surface area (Å²) in [5.74, 6) is 0.532. The molecule has 0 aliphatic carbocycles. The first-order valence-electron chi connectivity index (χ1n) is 9.69. The van der Waals surface area contributed by atoms with Gasteiger partial charge in [-0.25, -0.2) is 4.79 Å². The van der Waals surface area contributed by atoms with Gasteiger partial charge < -0.3 is 9.15 Å². The number of amides is 1. The van der Waals surface area contributed by atoms with Crippen molar-refractivity contribution in [2.24, 2.45) is 5.10 Å². The average molecular weight is 433 g/mol. The average Bonchev–Trinajstić information content (AvgIpc) is 3.45. The fourth-order valence-corrected chi connectivity index (χ4v) is 3.84. The molecule has 1 aromatic heterocycles. The molecule has 5 rings (SSSR count). The van der Waals surface area contributed by atoms with Crippen LogP contribution in [0.2, 0.25) is 5.02 Å². The molecule has 2 aliphatic heterocycles. The Morgan fingerprint density at radius 2 is 1.94 bits per heavy atom. The monoisotopic (exact) mass is 432 g/mol. The number of esters is 1. The van der Waals surface area contributed by atoms with E-state index in [1.165, 1.54) is 5.01 Å². The van der Waals surface area contributed by atoms with Crippen LogP contribution in [0.5, 0.6) is 0 Å². The van der Waals surface area contributed by atoms with Crippen molar-refractivity contribution < 1.29 is 18.7 Å². The number of anilines is 1. The first-order chi connectivity index (χ1) is 14.9. The molecule has 31 heavy (non-hydrogen) atoms. The summed E-state index contributed by atoms with van der Waals surface area (Å²) in [6, 6.07) is 14.5. The van der Waals surface area contributed by atoms with Crippen molar-refractivity contribution in [2.75, 3.05) is 5.01 Å². The number of ether oxygens (including phenoxy) is 1. The Kier molecular flexibility index (Phi) is 4.52. The molecular formula is C24H17ClN2O4. The minimum atomic E-state index is -0.328. The zero-order valence-corrected chi connectivity index (χ0v) is 17.6. The Hall–Kier alpha value is -3.64. The summed E-state index contributed by atoms with van der Waals surface area (Å²) in [5.41, 5.74) is 4.64. The zero-order valence-electron chi connectivity index (χ0n) is 16.8. The van der Waals surface area contributed by atoms with Gasteiger partial charge >= 0.3 is 5.97 Å². The number of benzene rings is 2. The maximum atomic E-state index is 13.0. The highest BCUT2D eigenvalue weighted by molar-refractivity contribution is 6.34. The predicted octanol–water partition coefficient (Wildman–Crippen LogP) is 5.38. The van der Waals surface area contributed by atoms with Crippen molar-refractivity contribution in [3.8, 4) is 11.3 Å². The SMILES string of the molecule is CC1=NN(c2cccc(Cl)c2C)C(=O)/C1=C\c1ccc(-c2ccc3c(c2)C(=O)OC3)o1. The van der Waals surface area contributed by atoms with Crippen molar-refractivity contribution in [3.05, 3.63) is 81.6 Å². The number of furan rings is 1. The standard InChI is InChI=1S/C24H17ClN2O4/c1-13-20(25)4-3-5-21(13)27-23(28)18(14(2)26-27)11-17-8-9-22(31-17)15-6-7-16-12-30-24(29)19(16)10-15/h3-11H,12H2,1-2H3/b18-11-. The smallest absolute Gasteiger partial charge is 0.338 e. The molecule has 0 fully saturated rings. The molecule has 6 nitrogen and oxygen atoms in total. The fraction of sp³-hybridized carbons (Fsp3) is 0.125. The van der Waals surface area contributed by atoms with Crippen LogP contribution in [0.15, 0.2) is 63.6 Å². The maximum absolute atomic E-state index is 13.0. The third kappa shape index (κ3) is 3.25. The predicted molar refractivity (Wildman–Crippen MR) is 118 cm³/mol. The van der Waals surface area contributed by atoms with Gasteiger partial charge in [0.25, 0.3) is 5.91 Å². The van der Waals surface area contributed by atoms with E-state index < -0.39 is 0 Å². The molecule has 0 unspecified atom stereocenters. The van der Waals surface area contributed by atoms with Crippen LogP contribution in [0.1, 0.15) is 34.2 Å². The molecule has 3 aromatic rings. The van der Waals surface area contributed by atoms with Gasteiger partial charge in [-0.05, 0) is 55.8 Å². The Morgan fingerprint density at radius 3 is 2.77 bits per heavy atom. The van der Waals surface area contributed by atoms with Gasteiger partial charge in [0.1, 0.15) is 18.1 Å². The molecule has 0 spiro atoms. The van der Waals surface area contributed by atoms with Crippen molar-refractivity contribution in [1.29, 1.82) is 0 Å². The van der Waals surface area contributed by atoms with Crippen molar-refractivity contribution in [2.45, 2.75) is 20.5 Å². The largest absolute Gasteiger partial charge is 0.457 e. The van der Waals surface area contributed by atoms with Crippen LogP contribution in [0.25, 0.3) is 17.4 Å². The molecule has 0 saturated heterocycles. The number of rotatable bonds is 3. The zero-order chi connectivity index (χ0) is 21.7. The summed E-state index contributed by atoms with van der Waals surface area (Å²) in [7, 11) is 0. The molecule has 0 N–H and O–H groups in total. The van der Waals surface area contributed by atoms with E-state index >= 15 is 0 Å². The highest BCUT2D eigenvalue weighted by Crippen LogP contribution is 2.32. The summed E-state index contributed by atoms with van der Waals surface area (Å²) < 4.78 is 11.0. The Bertz CT molecular complexity index is 1320. The number of fused-ring (bicyclic) bond motifs is 1. The highest BCUT2D eigenvalue weighted by atomic mass is 35.5. The Balaban J connectivity index is 1.45. The second-order valence-electron chi connectivity index (χ2n) is 7.39. The van der Waals surface area contributed by atoms with Gasteiger partial charge in [-0.15, -0.1) is 0 Å². The summed E-state index contributed by atoms with van der Waals surface area (Å²) in [6.07, 6.45) is 1.67. The minimum absolute atomic E-state index is 0.249. The van der Waals surface area contributed by atoms with Gasteiger partial charge in [0, 0.05) is 16.1 Å². The first kappa shape index (κ1) is 19.3. The van der Waals surface area contributed by atoms with E-state index in [1.807, 2.05) is 25.1 Å². The summed E-state index contributed by atoms with van der Waals surface area (Å²) in [4.78, 5) is 24.9. The second kappa shape index (κ2) is 7.25. The summed E-state index contributed by atoms with van der Waals surface area (Å²) >= 11 is 6.20. The number of hydrazone groups is 1. The van der Waals surface area contributed by atoms with Crippen LogP contribution in [0.4, 0.5) is 5.69 Å². The summed E-state index contributed by atoms with van der Waals surface area (Å²) in [5, 5.41) is 6.35. The molecule has 2 aliphatic rings. The van der Waals surface area contributed by atoms with E-state index in [9.17, 15) is 9.59 Å². The van der Waals surface area contributed by atoms with E-state index in [2.05, 4.69) is 5.10 Å². The molecule has 0 atom stereocenters. The van der Waals surface area contributed by atoms with Gasteiger partial charge in [0.05, 0.1) is 22.5 Å². The van der Waals surface area contributed by atoms with E-state index in [1.54, 1.807) is 43.3 Å². The molecule has 7 heteroatoms. The fourth-order valence-electron chi connectivity index (χ4n) is 3.67. The normalized spacial score (nSPS) is 16.7. The number of hydrogen-bond donors (Lipinski definition) is 0. The molecule has 0 radical (unpaired) electrons. The van der Waals surface area contributed by atoms with Crippen LogP contribution in [0, 0.1) is 6.92 Å². The number of halogens is 1. The number of carbonyl (C=O) groups is 2. The number of nitrogens with zero attached hydrogens (tertiary/aromatic N) is 2. The van der Waals surface area contributed by atoms with Gasteiger partial charge in [-0.1, -0.05) is 29.8 Å². The third-order valence-corrected chi connectivity index (χ3v) is 5.83. The van der Waals surface area contributed by atoms with Crippen molar-refractivity contribution in [1.82, 2.24) is 0 Å². The van der Waals surface area contributed by atoms with Crippen molar-refractivity contribution >= 4 is 41.0 Å². The lowest BCUT2D eigenvalue weighted by Crippen LogP contribution is -2.22. The van der Waals surface area contributed by atoms with Crippen LogP contribution in [-0.4, -0.2) is 17.6 Å². The molecule has 3 heterocycles. The minimum Gasteiger partial charge on any atom is -0.457 e. The topological polar surface area (TPSA) is 72.1 Å². The first-order valence-corrected chi connectivity index (χ1v) is 10.1. The molecule has 154 valence electrons. The second-order valence-corrected chi connectivity index (χ2v) is 7.80. The quantitative estimate of drug-likeness (QED) is 0.411. The van der Waals surface area contributed by atoms with Crippen LogP contribution in [-0.2, 0) is 16.1 Å². The van der Waals surface area contributed by atoms with Crippen molar-refractivity contribution in [3.63, 3.8) is 0 Å². The Morgan fingerprint density at radius 1 is 1.10 bits per heavy atom. The molecule has 0 saturated carbocycles. The van der Waals surface area contributed by atoms with E-state index in [0.717, 1.165) is 16.7 Å². The van der Waals surface area contributed by atoms with E-state index in [-0.39, 0.29) is 11.9 Å². The lowest BCUT2D eigenvalue weighted by atomic mass is 10.0. The van der Waals surface area contributed by atoms with Gasteiger partial charge in [0.2, 0.25) is 0 Å². The number of carbonyl (C=O) groups excluding carboxylic acids is 2.